The Morgan fingerprint density at radius 2 is 1.96 bits per heavy atom. The molecular weight excluding hydrogens is 320 g/mol. The van der Waals surface area contributed by atoms with Crippen molar-refractivity contribution in [3.8, 4) is 0 Å². The quantitative estimate of drug-likeness (QED) is 0.597. The molecule has 0 spiro atoms. The van der Waals surface area contributed by atoms with Crippen molar-refractivity contribution in [2.24, 2.45) is 4.99 Å². The number of ether oxygens (including phenoxy) is 2. The first kappa shape index (κ1) is 19.8. The molecule has 2 aliphatic heterocycles. The molecule has 0 aromatic carbocycles. The fourth-order valence-electron chi connectivity index (χ4n) is 3.22. The molecule has 2 aliphatic rings. The average Bonchev–Trinajstić information content (AvgIpc) is 3.07. The van der Waals surface area contributed by atoms with Gasteiger partial charge in [0.1, 0.15) is 5.60 Å². The van der Waals surface area contributed by atoms with Crippen molar-refractivity contribution in [3.05, 3.63) is 0 Å². The summed E-state index contributed by atoms with van der Waals surface area (Å²) >= 11 is 0. The number of piperidine rings is 1. The second-order valence-corrected chi connectivity index (χ2v) is 7.79. The van der Waals surface area contributed by atoms with Crippen LogP contribution < -0.4 is 10.6 Å². The van der Waals surface area contributed by atoms with Crippen molar-refractivity contribution in [3.63, 3.8) is 0 Å². The number of rotatable bonds is 4. The molecular formula is C18H34N4O3. The van der Waals surface area contributed by atoms with Gasteiger partial charge >= 0.3 is 6.09 Å². The van der Waals surface area contributed by atoms with Crippen molar-refractivity contribution >= 4 is 12.1 Å². The molecule has 2 unspecified atom stereocenters. The number of nitrogens with one attached hydrogen (secondary N) is 2. The molecule has 0 saturated carbocycles. The van der Waals surface area contributed by atoms with Gasteiger partial charge in [-0.15, -0.1) is 0 Å². The zero-order chi connectivity index (χ0) is 18.3. The molecule has 2 fully saturated rings. The molecule has 0 aliphatic carbocycles. The van der Waals surface area contributed by atoms with Crippen molar-refractivity contribution < 1.29 is 14.3 Å². The van der Waals surface area contributed by atoms with E-state index in [-0.39, 0.29) is 18.2 Å². The molecule has 0 bridgehead atoms. The summed E-state index contributed by atoms with van der Waals surface area (Å²) in [7, 11) is 1.76. The minimum atomic E-state index is -0.467. The third kappa shape index (κ3) is 6.72. The molecule has 2 N–H and O–H groups in total. The molecule has 2 atom stereocenters. The Hall–Kier alpha value is -1.50. The minimum absolute atomic E-state index is 0.130. The summed E-state index contributed by atoms with van der Waals surface area (Å²) in [6.07, 6.45) is 5.42. The lowest BCUT2D eigenvalue weighted by Crippen LogP contribution is -2.52. The fourth-order valence-corrected chi connectivity index (χ4v) is 3.22. The second kappa shape index (κ2) is 9.27. The van der Waals surface area contributed by atoms with Crippen LogP contribution in [0.25, 0.3) is 0 Å². The number of amides is 1. The topological polar surface area (TPSA) is 75.2 Å². The second-order valence-electron chi connectivity index (χ2n) is 7.79. The van der Waals surface area contributed by atoms with E-state index >= 15 is 0 Å². The summed E-state index contributed by atoms with van der Waals surface area (Å²) in [5, 5.41) is 6.66. The Morgan fingerprint density at radius 3 is 2.60 bits per heavy atom. The lowest BCUT2D eigenvalue weighted by atomic mass is 10.0. The Balaban J connectivity index is 1.81. The third-order valence-corrected chi connectivity index (χ3v) is 4.51. The molecule has 7 nitrogen and oxygen atoms in total. The summed E-state index contributed by atoms with van der Waals surface area (Å²) in [5.74, 6) is 0.755. The van der Waals surface area contributed by atoms with Crippen LogP contribution in [-0.4, -0.2) is 68.0 Å². The van der Waals surface area contributed by atoms with E-state index in [2.05, 4.69) is 15.6 Å². The van der Waals surface area contributed by atoms with Gasteiger partial charge in [-0.25, -0.2) is 4.79 Å². The summed E-state index contributed by atoms with van der Waals surface area (Å²) in [5.41, 5.74) is -0.467. The molecule has 7 heteroatoms. The molecule has 1 amide bonds. The van der Waals surface area contributed by atoms with Crippen LogP contribution in [0.15, 0.2) is 4.99 Å². The van der Waals surface area contributed by atoms with Crippen molar-refractivity contribution in [1.82, 2.24) is 15.5 Å². The molecule has 2 rings (SSSR count). The fraction of sp³-hybridized carbons (Fsp3) is 0.889. The van der Waals surface area contributed by atoms with Gasteiger partial charge in [-0.2, -0.15) is 0 Å². The molecule has 144 valence electrons. The highest BCUT2D eigenvalue weighted by molar-refractivity contribution is 5.79. The largest absolute Gasteiger partial charge is 0.444 e. The minimum Gasteiger partial charge on any atom is -0.444 e. The van der Waals surface area contributed by atoms with E-state index in [0.29, 0.717) is 6.54 Å². The number of hydrogen-bond donors (Lipinski definition) is 2. The van der Waals surface area contributed by atoms with E-state index < -0.39 is 5.60 Å². The van der Waals surface area contributed by atoms with Gasteiger partial charge in [-0.1, -0.05) is 0 Å². The number of hydrogen-bond acceptors (Lipinski definition) is 4. The maximum absolute atomic E-state index is 12.5. The van der Waals surface area contributed by atoms with Gasteiger partial charge in [0.05, 0.1) is 12.1 Å². The maximum Gasteiger partial charge on any atom is 0.410 e. The van der Waals surface area contributed by atoms with Crippen LogP contribution >= 0.6 is 0 Å². The Kier molecular flexibility index (Phi) is 7.35. The number of nitrogens with zero attached hydrogens (tertiary/aromatic N) is 2. The normalized spacial score (nSPS) is 25.0. The van der Waals surface area contributed by atoms with Crippen LogP contribution in [0.4, 0.5) is 4.79 Å². The van der Waals surface area contributed by atoms with Crippen LogP contribution in [0.2, 0.25) is 0 Å². The van der Waals surface area contributed by atoms with Crippen LogP contribution in [0, 0.1) is 0 Å². The zero-order valence-electron chi connectivity index (χ0n) is 16.1. The number of carbonyl (C=O) groups is 1. The number of likely N-dealkylation sites (tertiary alicyclic amines) is 1. The number of aliphatic imine (C=N–C) groups is 1. The van der Waals surface area contributed by atoms with Gasteiger partial charge in [0.2, 0.25) is 0 Å². The predicted octanol–water partition coefficient (Wildman–Crippen LogP) is 2.12. The Labute approximate surface area is 151 Å². The number of carbonyl (C=O) groups excluding carboxylic acids is 1. The monoisotopic (exact) mass is 354 g/mol. The summed E-state index contributed by atoms with van der Waals surface area (Å²) in [4.78, 5) is 18.6. The summed E-state index contributed by atoms with van der Waals surface area (Å²) in [6, 6.07) is 0.130. The summed E-state index contributed by atoms with van der Waals surface area (Å²) in [6.45, 7) is 8.75. The van der Waals surface area contributed by atoms with Gasteiger partial charge < -0.3 is 25.0 Å². The van der Waals surface area contributed by atoms with Gasteiger partial charge in [-0.3, -0.25) is 4.99 Å². The molecule has 0 radical (unpaired) electrons. The van der Waals surface area contributed by atoms with Crippen molar-refractivity contribution in [2.45, 2.75) is 70.6 Å². The van der Waals surface area contributed by atoms with Gasteiger partial charge in [-0.05, 0) is 52.9 Å². The van der Waals surface area contributed by atoms with E-state index in [1.807, 2.05) is 25.7 Å². The van der Waals surface area contributed by atoms with Crippen molar-refractivity contribution in [1.29, 1.82) is 0 Å². The zero-order valence-corrected chi connectivity index (χ0v) is 16.1. The first-order valence-electron chi connectivity index (χ1n) is 9.45. The highest BCUT2D eigenvalue weighted by Crippen LogP contribution is 2.20. The van der Waals surface area contributed by atoms with Crippen LogP contribution in [-0.2, 0) is 9.47 Å². The average molecular weight is 354 g/mol. The molecule has 0 aromatic heterocycles. The van der Waals surface area contributed by atoms with Crippen LogP contribution in [0.3, 0.4) is 0 Å². The van der Waals surface area contributed by atoms with E-state index in [0.717, 1.165) is 57.8 Å². The molecule has 25 heavy (non-hydrogen) atoms. The van der Waals surface area contributed by atoms with Gasteiger partial charge in [0.15, 0.2) is 5.96 Å². The van der Waals surface area contributed by atoms with Gasteiger partial charge in [0.25, 0.3) is 0 Å². The van der Waals surface area contributed by atoms with Crippen LogP contribution in [0.1, 0.15) is 52.9 Å². The van der Waals surface area contributed by atoms with Crippen molar-refractivity contribution in [2.75, 3.05) is 33.3 Å². The first-order chi connectivity index (χ1) is 11.9. The van der Waals surface area contributed by atoms with E-state index in [4.69, 9.17) is 9.47 Å². The standard InChI is InChI=1S/C18H34N4O3/c1-18(2,3)25-17(23)22-10-6-5-8-14(22)12-20-16(19-4)21-13-15-9-7-11-24-15/h14-15H,5-13H2,1-4H3,(H2,19,20,21). The molecule has 2 saturated heterocycles. The molecule has 0 aromatic rings. The lowest BCUT2D eigenvalue weighted by molar-refractivity contribution is 0.0104. The third-order valence-electron chi connectivity index (χ3n) is 4.51. The summed E-state index contributed by atoms with van der Waals surface area (Å²) < 4.78 is 11.2. The van der Waals surface area contributed by atoms with Crippen LogP contribution in [0.5, 0.6) is 0 Å². The Morgan fingerprint density at radius 1 is 1.20 bits per heavy atom. The number of guanidine groups is 1. The molecule has 2 heterocycles. The van der Waals surface area contributed by atoms with E-state index in [9.17, 15) is 4.79 Å². The SMILES string of the molecule is CN=C(NCC1CCCO1)NCC1CCCCN1C(=O)OC(C)(C)C. The lowest BCUT2D eigenvalue weighted by Gasteiger charge is -2.37. The maximum atomic E-state index is 12.5. The van der Waals surface area contributed by atoms with Gasteiger partial charge in [0, 0.05) is 33.3 Å². The van der Waals surface area contributed by atoms with E-state index in [1.54, 1.807) is 7.05 Å². The highest BCUT2D eigenvalue weighted by Gasteiger charge is 2.30. The predicted molar refractivity (Wildman–Crippen MR) is 98.9 cm³/mol. The first-order valence-corrected chi connectivity index (χ1v) is 9.45. The highest BCUT2D eigenvalue weighted by atomic mass is 16.6. The smallest absolute Gasteiger partial charge is 0.410 e. The Bertz CT molecular complexity index is 456. The van der Waals surface area contributed by atoms with E-state index in [1.165, 1.54) is 0 Å².